The average Bonchev–Trinajstić information content (AvgIpc) is 3.21. The van der Waals surface area contributed by atoms with E-state index in [1.807, 2.05) is 23.6 Å². The maximum absolute atomic E-state index is 12.6. The summed E-state index contributed by atoms with van der Waals surface area (Å²) in [5.74, 6) is 1.93. The minimum absolute atomic E-state index is 0.0845. The van der Waals surface area contributed by atoms with Crippen LogP contribution in [0.5, 0.6) is 5.75 Å². The van der Waals surface area contributed by atoms with Crippen LogP contribution in [0.15, 0.2) is 29.6 Å². The summed E-state index contributed by atoms with van der Waals surface area (Å²) in [6, 6.07) is 7.57. The molecule has 0 atom stereocenters. The van der Waals surface area contributed by atoms with Crippen molar-refractivity contribution in [2.45, 2.75) is 12.8 Å². The van der Waals surface area contributed by atoms with E-state index in [1.54, 1.807) is 24.5 Å². The number of imidazole rings is 1. The van der Waals surface area contributed by atoms with Crippen molar-refractivity contribution in [2.75, 3.05) is 13.7 Å². The number of aromatic nitrogens is 2. The summed E-state index contributed by atoms with van der Waals surface area (Å²) in [5.41, 5.74) is 1.98. The Morgan fingerprint density at radius 2 is 2.33 bits per heavy atom. The minimum atomic E-state index is -0.0845. The fraction of sp³-hybridized carbons (Fsp3) is 0.278. The molecule has 2 heterocycles. The lowest BCUT2D eigenvalue weighted by Crippen LogP contribution is -2.32. The molecule has 1 saturated carbocycles. The first kappa shape index (κ1) is 15.1. The number of rotatable bonds is 5. The van der Waals surface area contributed by atoms with E-state index >= 15 is 0 Å². The number of thiophene rings is 1. The molecule has 0 bridgehead atoms. The highest BCUT2D eigenvalue weighted by atomic mass is 32.1. The van der Waals surface area contributed by atoms with E-state index in [4.69, 9.17) is 4.74 Å². The number of ether oxygens (including phenoxy) is 1. The van der Waals surface area contributed by atoms with Crippen LogP contribution in [0.3, 0.4) is 0 Å². The number of aromatic amines is 1. The molecule has 2 N–H and O–H groups in total. The van der Waals surface area contributed by atoms with E-state index in [2.05, 4.69) is 21.7 Å². The Hall–Kier alpha value is -2.47. The zero-order chi connectivity index (χ0) is 16.5. The van der Waals surface area contributed by atoms with E-state index in [9.17, 15) is 4.79 Å². The van der Waals surface area contributed by atoms with E-state index < -0.39 is 0 Å². The van der Waals surface area contributed by atoms with Crippen molar-refractivity contribution in [2.24, 2.45) is 5.92 Å². The molecule has 0 saturated heterocycles. The molecular weight excluding hydrogens is 322 g/mol. The minimum Gasteiger partial charge on any atom is -0.494 e. The third-order valence-corrected chi connectivity index (χ3v) is 5.25. The number of nitrogens with one attached hydrogen (secondary N) is 2. The second-order valence-corrected chi connectivity index (χ2v) is 6.89. The van der Waals surface area contributed by atoms with Gasteiger partial charge in [-0.3, -0.25) is 4.79 Å². The Balaban J connectivity index is 1.70. The number of hydrogen-bond donors (Lipinski definition) is 2. The number of H-pyrrole nitrogens is 1. The molecule has 5 nitrogen and oxygen atoms in total. The average molecular weight is 340 g/mol. The molecular formula is C18H18N3O2S+. The highest BCUT2D eigenvalue weighted by molar-refractivity contribution is 7.13. The van der Waals surface area contributed by atoms with Gasteiger partial charge in [0.25, 0.3) is 5.91 Å². The van der Waals surface area contributed by atoms with Crippen LogP contribution in [0.1, 0.15) is 23.2 Å². The number of benzene rings is 1. The highest BCUT2D eigenvalue weighted by Crippen LogP contribution is 2.31. The van der Waals surface area contributed by atoms with Gasteiger partial charge in [0.1, 0.15) is 22.6 Å². The summed E-state index contributed by atoms with van der Waals surface area (Å²) in [7, 11) is 1.62. The molecule has 0 aliphatic heterocycles. The second-order valence-electron chi connectivity index (χ2n) is 5.94. The predicted molar refractivity (Wildman–Crippen MR) is 95.3 cm³/mol. The first-order chi connectivity index (χ1) is 11.8. The Morgan fingerprint density at radius 1 is 1.46 bits per heavy atom. The fourth-order valence-corrected chi connectivity index (χ4v) is 3.52. The maximum atomic E-state index is 12.6. The van der Waals surface area contributed by atoms with Gasteiger partial charge in [0, 0.05) is 6.54 Å². The van der Waals surface area contributed by atoms with Gasteiger partial charge in [-0.2, -0.15) is 0 Å². The maximum Gasteiger partial charge on any atom is 0.253 e. The molecule has 1 aliphatic rings. The number of nitrogens with zero attached hydrogens (tertiary/aromatic N) is 1. The van der Waals surface area contributed by atoms with Gasteiger partial charge in [-0.05, 0) is 23.6 Å². The summed E-state index contributed by atoms with van der Waals surface area (Å²) >= 11 is 1.61. The molecule has 1 aromatic carbocycles. The van der Waals surface area contributed by atoms with Gasteiger partial charge in [-0.25, -0.2) is 4.98 Å². The Labute approximate surface area is 144 Å². The molecule has 0 radical (unpaired) electrons. The fourth-order valence-electron chi connectivity index (χ4n) is 2.85. The molecule has 1 aliphatic carbocycles. The smallest absolute Gasteiger partial charge is 0.253 e. The quantitative estimate of drug-likeness (QED) is 0.697. The van der Waals surface area contributed by atoms with Crippen molar-refractivity contribution in [3.05, 3.63) is 41.6 Å². The number of hydrogen-bond acceptors (Lipinski definition) is 4. The van der Waals surface area contributed by atoms with Crippen LogP contribution in [0.4, 0.5) is 0 Å². The number of amides is 1. The molecule has 1 fully saturated rings. The van der Waals surface area contributed by atoms with Gasteiger partial charge >= 0.3 is 0 Å². The van der Waals surface area contributed by atoms with Gasteiger partial charge in [0.2, 0.25) is 0 Å². The van der Waals surface area contributed by atoms with Crippen molar-refractivity contribution in [3.8, 4) is 16.5 Å². The molecule has 1 amide bonds. The van der Waals surface area contributed by atoms with Crippen LogP contribution in [-0.4, -0.2) is 29.5 Å². The Bertz CT molecular complexity index is 866. The molecule has 122 valence electrons. The van der Waals surface area contributed by atoms with Crippen LogP contribution in [0, 0.1) is 12.3 Å². The summed E-state index contributed by atoms with van der Waals surface area (Å²) < 4.78 is 5.41. The third kappa shape index (κ3) is 2.63. The van der Waals surface area contributed by atoms with Crippen LogP contribution >= 0.6 is 11.3 Å². The number of carbonyl (C=O) groups is 1. The Morgan fingerprint density at radius 3 is 3.00 bits per heavy atom. The molecule has 2 aromatic heterocycles. The monoisotopic (exact) mass is 340 g/mol. The summed E-state index contributed by atoms with van der Waals surface area (Å²) in [6.07, 6.45) is 4.41. The zero-order valence-electron chi connectivity index (χ0n) is 13.3. The first-order valence-corrected chi connectivity index (χ1v) is 8.84. The van der Waals surface area contributed by atoms with Crippen molar-refractivity contribution >= 4 is 28.3 Å². The van der Waals surface area contributed by atoms with Crippen LogP contribution in [0.25, 0.3) is 21.7 Å². The predicted octanol–water partition coefficient (Wildman–Crippen LogP) is 3.64. The van der Waals surface area contributed by atoms with Crippen LogP contribution in [0.2, 0.25) is 0 Å². The van der Waals surface area contributed by atoms with Gasteiger partial charge in [0.05, 0.1) is 42.7 Å². The third-order valence-electron chi connectivity index (χ3n) is 4.38. The number of carbonyl (C=O) groups excluding carboxylic acids is 1. The number of fused-ring (bicyclic) bond motifs is 1. The van der Waals surface area contributed by atoms with Crippen molar-refractivity contribution in [1.82, 2.24) is 15.3 Å². The van der Waals surface area contributed by atoms with Crippen molar-refractivity contribution < 1.29 is 9.53 Å². The van der Waals surface area contributed by atoms with Gasteiger partial charge in [-0.1, -0.05) is 6.07 Å². The van der Waals surface area contributed by atoms with E-state index in [0.29, 0.717) is 29.3 Å². The zero-order valence-corrected chi connectivity index (χ0v) is 14.2. The second kappa shape index (κ2) is 6.20. The standard InChI is InChI=1S/C18H17N3O2S/c1-23-13-8-7-12(18(22)19-10-11-4-2-5-11)15-16(13)21-17(20-15)14-6-3-9-24-14/h2-3,6-9,11H,4-5,10H2,1H3,(H-,19,20,21,22)/p+1. The highest BCUT2D eigenvalue weighted by Gasteiger charge is 2.27. The summed E-state index contributed by atoms with van der Waals surface area (Å²) in [6.45, 7) is 0.713. The molecule has 24 heavy (non-hydrogen) atoms. The molecule has 4 rings (SSSR count). The van der Waals surface area contributed by atoms with E-state index in [0.717, 1.165) is 29.1 Å². The van der Waals surface area contributed by atoms with E-state index in [-0.39, 0.29) is 5.91 Å². The van der Waals surface area contributed by atoms with Gasteiger partial charge in [0.15, 0.2) is 0 Å². The summed E-state index contributed by atoms with van der Waals surface area (Å²) in [4.78, 5) is 21.6. The topological polar surface area (TPSA) is 67.0 Å². The Kier molecular flexibility index (Phi) is 3.90. The molecule has 0 spiro atoms. The normalized spacial score (nSPS) is 14.2. The lowest BCUT2D eigenvalue weighted by atomic mass is 9.85. The molecule has 0 unspecified atom stereocenters. The lowest BCUT2D eigenvalue weighted by Gasteiger charge is -2.17. The molecule has 3 aromatic rings. The molecule has 6 heteroatoms. The van der Waals surface area contributed by atoms with E-state index in [1.165, 1.54) is 0 Å². The van der Waals surface area contributed by atoms with Gasteiger partial charge < -0.3 is 15.0 Å². The number of methoxy groups -OCH3 is 1. The van der Waals surface area contributed by atoms with Crippen LogP contribution in [-0.2, 0) is 0 Å². The van der Waals surface area contributed by atoms with Crippen molar-refractivity contribution in [1.29, 1.82) is 0 Å². The van der Waals surface area contributed by atoms with Crippen LogP contribution < -0.4 is 10.1 Å². The SMILES string of the molecule is COc1ccc(C(=O)NCC2C[CH+]C2)c2nc(-c3cccs3)[nH]c12. The van der Waals surface area contributed by atoms with Gasteiger partial charge in [-0.15, -0.1) is 11.3 Å². The largest absolute Gasteiger partial charge is 0.494 e. The first-order valence-electron chi connectivity index (χ1n) is 7.96. The summed E-state index contributed by atoms with van der Waals surface area (Å²) in [5, 5.41) is 5.03. The van der Waals surface area contributed by atoms with Crippen molar-refractivity contribution in [3.63, 3.8) is 0 Å². The lowest BCUT2D eigenvalue weighted by molar-refractivity contribution is 0.0945.